The first kappa shape index (κ1) is 22.0. The molecule has 9 heteroatoms. The average Bonchev–Trinajstić information content (AvgIpc) is 2.73. The first-order chi connectivity index (χ1) is 14.7. The molecule has 0 aromatic heterocycles. The highest BCUT2D eigenvalue weighted by atomic mass is 32.2. The third-order valence-electron chi connectivity index (χ3n) is 4.61. The number of benzene rings is 3. The molecule has 0 aliphatic carbocycles. The van der Waals surface area contributed by atoms with E-state index in [0.29, 0.717) is 22.5 Å². The molecule has 31 heavy (non-hydrogen) atoms. The van der Waals surface area contributed by atoms with Gasteiger partial charge in [0.15, 0.2) is 0 Å². The van der Waals surface area contributed by atoms with Gasteiger partial charge in [-0.25, -0.2) is 12.8 Å². The lowest BCUT2D eigenvalue weighted by Gasteiger charge is -2.12. The minimum atomic E-state index is -3.79. The molecule has 3 aromatic carbocycles. The first-order valence-electron chi connectivity index (χ1n) is 9.22. The molecule has 0 bridgehead atoms. The fraction of sp³-hybridized carbons (Fsp3) is 0.0909. The number of carbonyl (C=O) groups excluding carboxylic acids is 2. The standard InChI is InChI=1S/C22H20FN3O4S/c1-14-19(22(24)28)3-2-4-20(14)25-13-21(27)26-16-7-11-18(12-8-16)31(29,30)17-9-5-15(23)6-10-17/h2-12,25H,13H2,1H3,(H2,24,28)(H,26,27). The molecule has 3 aromatic rings. The first-order valence-corrected chi connectivity index (χ1v) is 10.7. The van der Waals surface area contributed by atoms with Gasteiger partial charge in [-0.05, 0) is 73.2 Å². The van der Waals surface area contributed by atoms with Crippen LogP contribution in [0.15, 0.2) is 76.5 Å². The Kier molecular flexibility index (Phi) is 6.36. The van der Waals surface area contributed by atoms with Gasteiger partial charge in [0.2, 0.25) is 21.7 Å². The zero-order valence-electron chi connectivity index (χ0n) is 16.6. The Morgan fingerprint density at radius 3 is 2.10 bits per heavy atom. The molecule has 160 valence electrons. The summed E-state index contributed by atoms with van der Waals surface area (Å²) < 4.78 is 38.2. The summed E-state index contributed by atoms with van der Waals surface area (Å²) in [6.07, 6.45) is 0. The van der Waals surface area contributed by atoms with Gasteiger partial charge in [0.05, 0.1) is 16.3 Å². The quantitative estimate of drug-likeness (QED) is 0.487. The highest BCUT2D eigenvalue weighted by Gasteiger charge is 2.17. The molecule has 0 fully saturated rings. The molecule has 0 heterocycles. The lowest BCUT2D eigenvalue weighted by Crippen LogP contribution is -2.22. The number of rotatable bonds is 7. The van der Waals surface area contributed by atoms with Crippen LogP contribution in [-0.2, 0) is 14.6 Å². The number of nitrogens with one attached hydrogen (secondary N) is 2. The summed E-state index contributed by atoms with van der Waals surface area (Å²) in [5.41, 5.74) is 7.34. The molecule has 7 nitrogen and oxygen atoms in total. The molecule has 0 spiro atoms. The van der Waals surface area contributed by atoms with Crippen LogP contribution >= 0.6 is 0 Å². The predicted molar refractivity (Wildman–Crippen MR) is 115 cm³/mol. The molecule has 0 saturated carbocycles. The second kappa shape index (κ2) is 8.97. The normalized spacial score (nSPS) is 11.0. The fourth-order valence-electron chi connectivity index (χ4n) is 2.94. The highest BCUT2D eigenvalue weighted by molar-refractivity contribution is 7.91. The largest absolute Gasteiger partial charge is 0.376 e. The summed E-state index contributed by atoms with van der Waals surface area (Å²) in [5, 5.41) is 5.60. The van der Waals surface area contributed by atoms with Crippen LogP contribution in [0.5, 0.6) is 0 Å². The van der Waals surface area contributed by atoms with Gasteiger partial charge in [0.25, 0.3) is 0 Å². The van der Waals surface area contributed by atoms with E-state index in [1.165, 1.54) is 36.4 Å². The maximum absolute atomic E-state index is 13.0. The Bertz CT molecular complexity index is 1220. The number of amides is 2. The van der Waals surface area contributed by atoms with Gasteiger partial charge in [-0.1, -0.05) is 6.07 Å². The second-order valence-corrected chi connectivity index (χ2v) is 8.68. The summed E-state index contributed by atoms with van der Waals surface area (Å²) in [4.78, 5) is 23.6. The zero-order valence-corrected chi connectivity index (χ0v) is 17.4. The average molecular weight is 441 g/mol. The molecule has 0 aliphatic heterocycles. The Balaban J connectivity index is 1.65. The topological polar surface area (TPSA) is 118 Å². The van der Waals surface area contributed by atoms with Crippen LogP contribution in [0.3, 0.4) is 0 Å². The second-order valence-electron chi connectivity index (χ2n) is 6.73. The lowest BCUT2D eigenvalue weighted by molar-refractivity contribution is -0.114. The number of carbonyl (C=O) groups is 2. The van der Waals surface area contributed by atoms with Crippen LogP contribution in [0.4, 0.5) is 15.8 Å². The van der Waals surface area contributed by atoms with E-state index in [1.807, 2.05) is 0 Å². The molecule has 0 saturated heterocycles. The zero-order chi connectivity index (χ0) is 22.6. The van der Waals surface area contributed by atoms with Crippen molar-refractivity contribution in [1.82, 2.24) is 0 Å². The van der Waals surface area contributed by atoms with Gasteiger partial charge in [-0.2, -0.15) is 0 Å². The van der Waals surface area contributed by atoms with Crippen LogP contribution in [0.2, 0.25) is 0 Å². The van der Waals surface area contributed by atoms with Crippen LogP contribution < -0.4 is 16.4 Å². The Morgan fingerprint density at radius 2 is 1.52 bits per heavy atom. The van der Waals surface area contributed by atoms with Crippen LogP contribution in [0.25, 0.3) is 0 Å². The molecule has 0 radical (unpaired) electrons. The van der Waals surface area contributed by atoms with E-state index < -0.39 is 21.6 Å². The van der Waals surface area contributed by atoms with Crippen molar-refractivity contribution in [3.05, 3.63) is 83.7 Å². The Hall–Kier alpha value is -3.72. The number of anilines is 2. The molecule has 0 unspecified atom stereocenters. The van der Waals surface area contributed by atoms with E-state index in [0.717, 1.165) is 12.1 Å². The van der Waals surface area contributed by atoms with Crippen molar-refractivity contribution in [2.45, 2.75) is 16.7 Å². The van der Waals surface area contributed by atoms with E-state index in [2.05, 4.69) is 10.6 Å². The summed E-state index contributed by atoms with van der Waals surface area (Å²) in [7, 11) is -3.79. The van der Waals surface area contributed by atoms with Crippen molar-refractivity contribution < 1.29 is 22.4 Å². The summed E-state index contributed by atoms with van der Waals surface area (Å²) in [6, 6.07) is 15.2. The fourth-order valence-corrected chi connectivity index (χ4v) is 4.20. The summed E-state index contributed by atoms with van der Waals surface area (Å²) in [5.74, 6) is -1.44. The monoisotopic (exact) mass is 441 g/mol. The molecular formula is C22H20FN3O4S. The van der Waals surface area contributed by atoms with Crippen LogP contribution in [0.1, 0.15) is 15.9 Å². The number of hydrogen-bond donors (Lipinski definition) is 3. The number of hydrogen-bond acceptors (Lipinski definition) is 5. The van der Waals surface area contributed by atoms with Gasteiger partial charge in [0.1, 0.15) is 5.82 Å². The van der Waals surface area contributed by atoms with Crippen LogP contribution in [-0.4, -0.2) is 26.8 Å². The summed E-state index contributed by atoms with van der Waals surface area (Å²) >= 11 is 0. The van der Waals surface area contributed by atoms with Crippen molar-refractivity contribution in [1.29, 1.82) is 0 Å². The van der Waals surface area contributed by atoms with E-state index in [-0.39, 0.29) is 22.2 Å². The van der Waals surface area contributed by atoms with E-state index in [1.54, 1.807) is 25.1 Å². The number of primary amides is 1. The van der Waals surface area contributed by atoms with Gasteiger partial charge in [-0.15, -0.1) is 0 Å². The van der Waals surface area contributed by atoms with Gasteiger partial charge < -0.3 is 16.4 Å². The Morgan fingerprint density at radius 1 is 0.935 bits per heavy atom. The van der Waals surface area contributed by atoms with Gasteiger partial charge in [-0.3, -0.25) is 9.59 Å². The minimum absolute atomic E-state index is 0.0223. The van der Waals surface area contributed by atoms with Crippen molar-refractivity contribution in [2.24, 2.45) is 5.73 Å². The third kappa shape index (κ3) is 5.07. The number of sulfone groups is 1. The number of halogens is 1. The highest BCUT2D eigenvalue weighted by Crippen LogP contribution is 2.23. The molecule has 2 amide bonds. The van der Waals surface area contributed by atoms with Gasteiger partial charge >= 0.3 is 0 Å². The van der Waals surface area contributed by atoms with E-state index in [4.69, 9.17) is 5.73 Å². The van der Waals surface area contributed by atoms with Crippen molar-refractivity contribution >= 4 is 33.0 Å². The maximum Gasteiger partial charge on any atom is 0.249 e. The lowest BCUT2D eigenvalue weighted by atomic mass is 10.1. The van der Waals surface area contributed by atoms with Crippen LogP contribution in [0, 0.1) is 12.7 Å². The maximum atomic E-state index is 13.0. The summed E-state index contributed by atoms with van der Waals surface area (Å²) in [6.45, 7) is 1.65. The van der Waals surface area contributed by atoms with Gasteiger partial charge in [0, 0.05) is 16.9 Å². The molecule has 4 N–H and O–H groups in total. The minimum Gasteiger partial charge on any atom is -0.376 e. The Labute approximate surface area is 179 Å². The number of nitrogens with two attached hydrogens (primary N) is 1. The molecule has 0 atom stereocenters. The predicted octanol–water partition coefficient (Wildman–Crippen LogP) is 3.12. The third-order valence-corrected chi connectivity index (χ3v) is 6.40. The molecule has 0 aliphatic rings. The van der Waals surface area contributed by atoms with E-state index >= 15 is 0 Å². The molecule has 3 rings (SSSR count). The van der Waals surface area contributed by atoms with Crippen molar-refractivity contribution in [3.63, 3.8) is 0 Å². The van der Waals surface area contributed by atoms with E-state index in [9.17, 15) is 22.4 Å². The smallest absolute Gasteiger partial charge is 0.249 e. The SMILES string of the molecule is Cc1c(NCC(=O)Nc2ccc(S(=O)(=O)c3ccc(F)cc3)cc2)cccc1C(N)=O. The molecular weight excluding hydrogens is 421 g/mol. The van der Waals surface area contributed by atoms with Crippen molar-refractivity contribution in [3.8, 4) is 0 Å². The van der Waals surface area contributed by atoms with Crippen molar-refractivity contribution in [2.75, 3.05) is 17.2 Å².